The molecule has 2 rings (SSSR count). The van der Waals surface area contributed by atoms with Crippen LogP contribution in [0, 0.1) is 5.82 Å². The van der Waals surface area contributed by atoms with Gasteiger partial charge in [0.05, 0.1) is 10.6 Å². The van der Waals surface area contributed by atoms with Crippen molar-refractivity contribution in [3.05, 3.63) is 34.6 Å². The van der Waals surface area contributed by atoms with Crippen molar-refractivity contribution in [2.24, 2.45) is 5.73 Å². The monoisotopic (exact) mass is 286 g/mol. The van der Waals surface area contributed by atoms with E-state index in [0.717, 1.165) is 12.1 Å². The maximum Gasteiger partial charge on any atom is 0.325 e. The molecule has 1 unspecified atom stereocenters. The third-order valence-electron chi connectivity index (χ3n) is 3.18. The number of halogens is 2. The number of carboxylic acids is 1. The molecule has 1 atom stereocenters. The summed E-state index contributed by atoms with van der Waals surface area (Å²) in [6.07, 6.45) is 0.173. The quantitative estimate of drug-likeness (QED) is 0.853. The summed E-state index contributed by atoms with van der Waals surface area (Å²) in [5, 5.41) is 8.99. The number of rotatable bonds is 2. The van der Waals surface area contributed by atoms with Gasteiger partial charge in [-0.25, -0.2) is 4.39 Å². The highest BCUT2D eigenvalue weighted by Gasteiger charge is 2.43. The second-order valence-electron chi connectivity index (χ2n) is 4.56. The fourth-order valence-corrected chi connectivity index (χ4v) is 2.26. The molecule has 7 heteroatoms. The fraction of sp³-hybridized carbons (Fsp3) is 0.333. The number of nitrogens with zero attached hydrogens (tertiary/aromatic N) is 1. The zero-order chi connectivity index (χ0) is 14.2. The molecule has 0 radical (unpaired) electrons. The Hall–Kier alpha value is -1.66. The first kappa shape index (κ1) is 13.8. The number of carbonyl (C=O) groups is 2. The topological polar surface area (TPSA) is 83.6 Å². The number of carbonyl (C=O) groups excluding carboxylic acids is 1. The number of amides is 1. The second-order valence-corrected chi connectivity index (χ2v) is 4.97. The number of likely N-dealkylation sites (tertiary alicyclic amines) is 1. The Morgan fingerprint density at radius 2 is 2.16 bits per heavy atom. The molecule has 0 bridgehead atoms. The Bertz CT molecular complexity index is 552. The van der Waals surface area contributed by atoms with Crippen molar-refractivity contribution in [1.82, 2.24) is 4.90 Å². The van der Waals surface area contributed by atoms with E-state index in [1.807, 2.05) is 0 Å². The standard InChI is InChI=1S/C12H12ClFN2O3/c13-9-5-7(14)1-2-8(9)10(17)16-4-3-12(15,6-16)11(18)19/h1-2,5H,3-4,6,15H2,(H,18,19). The minimum absolute atomic E-state index is 0.00477. The van der Waals surface area contributed by atoms with Crippen molar-refractivity contribution >= 4 is 23.5 Å². The van der Waals surface area contributed by atoms with Gasteiger partial charge in [-0.05, 0) is 24.6 Å². The minimum Gasteiger partial charge on any atom is -0.480 e. The molecule has 0 aromatic heterocycles. The molecule has 1 aliphatic heterocycles. The van der Waals surface area contributed by atoms with Gasteiger partial charge in [-0.3, -0.25) is 9.59 Å². The lowest BCUT2D eigenvalue weighted by molar-refractivity contribution is -0.142. The molecule has 1 aliphatic rings. The van der Waals surface area contributed by atoms with Crippen LogP contribution in [-0.4, -0.2) is 40.5 Å². The molecular formula is C12H12ClFN2O3. The van der Waals surface area contributed by atoms with Gasteiger partial charge in [-0.2, -0.15) is 0 Å². The maximum absolute atomic E-state index is 12.9. The van der Waals surface area contributed by atoms with E-state index in [0.29, 0.717) is 0 Å². The van der Waals surface area contributed by atoms with Crippen LogP contribution in [0.4, 0.5) is 4.39 Å². The predicted molar refractivity (Wildman–Crippen MR) is 66.5 cm³/mol. The van der Waals surface area contributed by atoms with Gasteiger partial charge < -0.3 is 15.7 Å². The van der Waals surface area contributed by atoms with Crippen LogP contribution in [-0.2, 0) is 4.79 Å². The van der Waals surface area contributed by atoms with Crippen molar-refractivity contribution in [2.45, 2.75) is 12.0 Å². The van der Waals surface area contributed by atoms with Crippen molar-refractivity contribution in [1.29, 1.82) is 0 Å². The Morgan fingerprint density at radius 1 is 1.47 bits per heavy atom. The first-order valence-corrected chi connectivity index (χ1v) is 5.98. The predicted octanol–water partition coefficient (Wildman–Crippen LogP) is 1.11. The zero-order valence-corrected chi connectivity index (χ0v) is 10.7. The molecular weight excluding hydrogens is 275 g/mol. The van der Waals surface area contributed by atoms with E-state index in [4.69, 9.17) is 22.4 Å². The van der Waals surface area contributed by atoms with Crippen LogP contribution in [0.15, 0.2) is 18.2 Å². The number of nitrogens with two attached hydrogens (primary N) is 1. The lowest BCUT2D eigenvalue weighted by Crippen LogP contribution is -2.50. The summed E-state index contributed by atoms with van der Waals surface area (Å²) in [6.45, 7) is 0.143. The van der Waals surface area contributed by atoms with E-state index in [1.54, 1.807) is 0 Å². The van der Waals surface area contributed by atoms with Crippen LogP contribution < -0.4 is 5.73 Å². The average Bonchev–Trinajstić information content (AvgIpc) is 2.73. The molecule has 1 heterocycles. The summed E-state index contributed by atoms with van der Waals surface area (Å²) >= 11 is 5.80. The van der Waals surface area contributed by atoms with Gasteiger partial charge in [0.25, 0.3) is 5.91 Å². The third kappa shape index (κ3) is 2.54. The van der Waals surface area contributed by atoms with Crippen LogP contribution in [0.1, 0.15) is 16.8 Å². The summed E-state index contributed by atoms with van der Waals surface area (Å²) in [7, 11) is 0. The highest BCUT2D eigenvalue weighted by atomic mass is 35.5. The Labute approximate surface area is 113 Å². The van der Waals surface area contributed by atoms with E-state index in [2.05, 4.69) is 0 Å². The van der Waals surface area contributed by atoms with Crippen LogP contribution in [0.25, 0.3) is 0 Å². The highest BCUT2D eigenvalue weighted by Crippen LogP contribution is 2.24. The maximum atomic E-state index is 12.9. The molecule has 1 aromatic rings. The lowest BCUT2D eigenvalue weighted by Gasteiger charge is -2.20. The summed E-state index contributed by atoms with van der Waals surface area (Å²) in [5.74, 6) is -2.13. The van der Waals surface area contributed by atoms with Crippen molar-refractivity contribution < 1.29 is 19.1 Å². The molecule has 0 saturated carbocycles. The van der Waals surface area contributed by atoms with Crippen LogP contribution >= 0.6 is 11.6 Å². The molecule has 0 aliphatic carbocycles. The second kappa shape index (κ2) is 4.79. The van der Waals surface area contributed by atoms with Gasteiger partial charge in [-0.1, -0.05) is 11.6 Å². The van der Waals surface area contributed by atoms with Gasteiger partial charge in [0.2, 0.25) is 0 Å². The van der Waals surface area contributed by atoms with E-state index in [1.165, 1.54) is 11.0 Å². The highest BCUT2D eigenvalue weighted by molar-refractivity contribution is 6.33. The number of hydrogen-bond acceptors (Lipinski definition) is 3. The lowest BCUT2D eigenvalue weighted by atomic mass is 10.0. The molecule has 1 amide bonds. The normalized spacial score (nSPS) is 22.6. The van der Waals surface area contributed by atoms with Gasteiger partial charge in [0.1, 0.15) is 11.4 Å². The molecule has 3 N–H and O–H groups in total. The summed E-state index contributed by atoms with van der Waals surface area (Å²) in [4.78, 5) is 24.5. The summed E-state index contributed by atoms with van der Waals surface area (Å²) in [6, 6.07) is 3.44. The third-order valence-corrected chi connectivity index (χ3v) is 3.49. The van der Waals surface area contributed by atoms with Crippen LogP contribution in [0.3, 0.4) is 0 Å². The molecule has 1 aromatic carbocycles. The number of aliphatic carboxylic acids is 1. The summed E-state index contributed by atoms with van der Waals surface area (Å²) < 4.78 is 12.9. The first-order chi connectivity index (χ1) is 8.83. The van der Waals surface area contributed by atoms with Crippen molar-refractivity contribution in [2.75, 3.05) is 13.1 Å². The molecule has 0 spiro atoms. The van der Waals surface area contributed by atoms with Crippen molar-refractivity contribution in [3.8, 4) is 0 Å². The average molecular weight is 287 g/mol. The molecule has 19 heavy (non-hydrogen) atoms. The largest absolute Gasteiger partial charge is 0.480 e. The van der Waals surface area contributed by atoms with E-state index < -0.39 is 23.2 Å². The van der Waals surface area contributed by atoms with E-state index >= 15 is 0 Å². The molecule has 1 saturated heterocycles. The minimum atomic E-state index is -1.43. The van der Waals surface area contributed by atoms with Gasteiger partial charge in [-0.15, -0.1) is 0 Å². The fourth-order valence-electron chi connectivity index (χ4n) is 2.01. The number of carboxylic acid groups (broad SMARTS) is 1. The van der Waals surface area contributed by atoms with Crippen LogP contribution in [0.2, 0.25) is 5.02 Å². The number of hydrogen-bond donors (Lipinski definition) is 2. The Morgan fingerprint density at radius 3 is 2.68 bits per heavy atom. The number of benzene rings is 1. The molecule has 1 fully saturated rings. The van der Waals surface area contributed by atoms with Crippen molar-refractivity contribution in [3.63, 3.8) is 0 Å². The van der Waals surface area contributed by atoms with Gasteiger partial charge >= 0.3 is 5.97 Å². The smallest absolute Gasteiger partial charge is 0.325 e. The Kier molecular flexibility index (Phi) is 3.47. The zero-order valence-electron chi connectivity index (χ0n) is 9.90. The van der Waals surface area contributed by atoms with Gasteiger partial charge in [0, 0.05) is 13.1 Å². The summed E-state index contributed by atoms with van der Waals surface area (Å²) in [5.41, 5.74) is 4.39. The van der Waals surface area contributed by atoms with E-state index in [-0.39, 0.29) is 30.1 Å². The van der Waals surface area contributed by atoms with Crippen LogP contribution in [0.5, 0.6) is 0 Å². The molecule has 5 nitrogen and oxygen atoms in total. The first-order valence-electron chi connectivity index (χ1n) is 5.60. The molecule has 102 valence electrons. The van der Waals surface area contributed by atoms with E-state index in [9.17, 15) is 14.0 Å². The SMILES string of the molecule is NC1(C(=O)O)CCN(C(=O)c2ccc(F)cc2Cl)C1. The van der Waals surface area contributed by atoms with Gasteiger partial charge in [0.15, 0.2) is 0 Å². The Balaban J connectivity index is 2.20.